The fourth-order valence-electron chi connectivity index (χ4n) is 4.14. The molecule has 1 aromatic heterocycles. The third kappa shape index (κ3) is 3.82. The van der Waals surface area contributed by atoms with E-state index < -0.39 is 16.6 Å². The van der Waals surface area contributed by atoms with E-state index in [1.54, 1.807) is 23.1 Å². The Bertz CT molecular complexity index is 1380. The Morgan fingerprint density at radius 3 is 2.61 bits per heavy atom. The summed E-state index contributed by atoms with van der Waals surface area (Å²) in [6, 6.07) is 13.5. The number of nitrogens with zero attached hydrogens (tertiary/aromatic N) is 3. The standard InChI is InChI=1S/C24H17F2N3O4/c25-16-6-9-18(19(26)13-16)15-5-10-22-20(12-15)27-23(33-22)21-2-1-11-28(21)24(30)14-3-7-17(8-4-14)29(31)32/h3-10,12-13,21H,1-2,11H2/t21-/m0/s1. The largest absolute Gasteiger partial charge is 0.438 e. The third-order valence-corrected chi connectivity index (χ3v) is 5.77. The van der Waals surface area contributed by atoms with E-state index in [0.717, 1.165) is 12.5 Å². The second-order valence-corrected chi connectivity index (χ2v) is 7.82. The first-order valence-electron chi connectivity index (χ1n) is 10.3. The summed E-state index contributed by atoms with van der Waals surface area (Å²) in [4.78, 5) is 29.6. The molecule has 1 saturated heterocycles. The normalized spacial score (nSPS) is 15.8. The third-order valence-electron chi connectivity index (χ3n) is 5.77. The molecule has 1 atom stereocenters. The van der Waals surface area contributed by atoms with Crippen LogP contribution in [0, 0.1) is 21.7 Å². The molecule has 1 aliphatic rings. The van der Waals surface area contributed by atoms with Gasteiger partial charge < -0.3 is 9.32 Å². The SMILES string of the molecule is O=C(c1ccc([N+](=O)[O-])cc1)N1CCC[C@H]1c1nc2cc(-c3ccc(F)cc3F)ccc2o1. The van der Waals surface area contributed by atoms with Gasteiger partial charge in [0.1, 0.15) is 23.2 Å². The van der Waals surface area contributed by atoms with Gasteiger partial charge in [-0.1, -0.05) is 6.07 Å². The van der Waals surface area contributed by atoms with Crippen LogP contribution in [0.4, 0.5) is 14.5 Å². The van der Waals surface area contributed by atoms with Gasteiger partial charge in [-0.3, -0.25) is 14.9 Å². The highest BCUT2D eigenvalue weighted by molar-refractivity contribution is 5.95. The van der Waals surface area contributed by atoms with Gasteiger partial charge in [-0.2, -0.15) is 0 Å². The molecule has 1 amide bonds. The van der Waals surface area contributed by atoms with Crippen molar-refractivity contribution in [1.82, 2.24) is 9.88 Å². The molecule has 1 fully saturated rings. The second kappa shape index (κ2) is 8.09. The van der Waals surface area contributed by atoms with E-state index in [0.29, 0.717) is 41.1 Å². The average molecular weight is 449 g/mol. The van der Waals surface area contributed by atoms with E-state index in [1.165, 1.54) is 36.4 Å². The van der Waals surface area contributed by atoms with Gasteiger partial charge in [0.2, 0.25) is 5.89 Å². The molecular weight excluding hydrogens is 432 g/mol. The van der Waals surface area contributed by atoms with Crippen molar-refractivity contribution in [3.63, 3.8) is 0 Å². The minimum absolute atomic E-state index is 0.0862. The van der Waals surface area contributed by atoms with E-state index in [-0.39, 0.29) is 23.2 Å². The average Bonchev–Trinajstić information content (AvgIpc) is 3.45. The topological polar surface area (TPSA) is 89.5 Å². The lowest BCUT2D eigenvalue weighted by molar-refractivity contribution is -0.384. The molecule has 0 spiro atoms. The van der Waals surface area contributed by atoms with Crippen LogP contribution in [0.15, 0.2) is 65.1 Å². The Morgan fingerprint density at radius 1 is 1.09 bits per heavy atom. The maximum absolute atomic E-state index is 14.2. The van der Waals surface area contributed by atoms with E-state index in [9.17, 15) is 23.7 Å². The first kappa shape index (κ1) is 20.7. The fraction of sp³-hybridized carbons (Fsp3) is 0.167. The molecule has 3 aromatic carbocycles. The molecule has 5 rings (SSSR count). The first-order chi connectivity index (χ1) is 15.9. The summed E-state index contributed by atoms with van der Waals surface area (Å²) in [5.74, 6) is -1.22. The highest BCUT2D eigenvalue weighted by Gasteiger charge is 2.34. The molecular formula is C24H17F2N3O4. The van der Waals surface area contributed by atoms with Gasteiger partial charge in [0, 0.05) is 35.9 Å². The number of hydrogen-bond acceptors (Lipinski definition) is 5. The zero-order valence-electron chi connectivity index (χ0n) is 17.2. The molecule has 1 aliphatic heterocycles. The Morgan fingerprint density at radius 2 is 1.88 bits per heavy atom. The lowest BCUT2D eigenvalue weighted by Gasteiger charge is -2.22. The van der Waals surface area contributed by atoms with Gasteiger partial charge in [-0.05, 0) is 54.8 Å². The fourth-order valence-corrected chi connectivity index (χ4v) is 4.14. The van der Waals surface area contributed by atoms with Crippen molar-refractivity contribution in [2.75, 3.05) is 6.54 Å². The number of likely N-dealkylation sites (tertiary alicyclic amines) is 1. The van der Waals surface area contributed by atoms with Gasteiger partial charge in [-0.15, -0.1) is 0 Å². The van der Waals surface area contributed by atoms with Crippen LogP contribution in [0.1, 0.15) is 35.1 Å². The van der Waals surface area contributed by atoms with Crippen molar-refractivity contribution < 1.29 is 22.9 Å². The molecule has 7 nitrogen and oxygen atoms in total. The predicted octanol–water partition coefficient (Wildman–Crippen LogP) is 5.66. The van der Waals surface area contributed by atoms with Gasteiger partial charge in [0.25, 0.3) is 11.6 Å². The minimum atomic E-state index is -0.672. The number of benzene rings is 3. The van der Waals surface area contributed by atoms with Crippen molar-refractivity contribution in [2.45, 2.75) is 18.9 Å². The summed E-state index contributed by atoms with van der Waals surface area (Å²) in [6.45, 7) is 0.505. The van der Waals surface area contributed by atoms with Crippen molar-refractivity contribution in [3.8, 4) is 11.1 Å². The van der Waals surface area contributed by atoms with Crippen LogP contribution < -0.4 is 0 Å². The molecule has 0 saturated carbocycles. The van der Waals surface area contributed by atoms with Crippen LogP contribution in [0.3, 0.4) is 0 Å². The van der Waals surface area contributed by atoms with E-state index in [2.05, 4.69) is 4.98 Å². The molecule has 33 heavy (non-hydrogen) atoms. The Balaban J connectivity index is 1.44. The van der Waals surface area contributed by atoms with E-state index in [4.69, 9.17) is 4.42 Å². The van der Waals surface area contributed by atoms with Gasteiger partial charge in [-0.25, -0.2) is 13.8 Å². The zero-order valence-corrected chi connectivity index (χ0v) is 17.2. The number of oxazole rings is 1. The number of fused-ring (bicyclic) bond motifs is 1. The second-order valence-electron chi connectivity index (χ2n) is 7.82. The van der Waals surface area contributed by atoms with Crippen LogP contribution >= 0.6 is 0 Å². The summed E-state index contributed by atoms with van der Waals surface area (Å²) in [6.07, 6.45) is 1.42. The van der Waals surface area contributed by atoms with Gasteiger partial charge in [0.15, 0.2) is 5.58 Å². The molecule has 2 heterocycles. The summed E-state index contributed by atoms with van der Waals surface area (Å²) in [5, 5.41) is 10.9. The summed E-state index contributed by atoms with van der Waals surface area (Å²) in [5.41, 5.74) is 2.03. The number of rotatable bonds is 4. The van der Waals surface area contributed by atoms with E-state index in [1.807, 2.05) is 0 Å². The molecule has 0 radical (unpaired) electrons. The number of nitro groups is 1. The van der Waals surface area contributed by atoms with Gasteiger partial charge in [0.05, 0.1) is 4.92 Å². The smallest absolute Gasteiger partial charge is 0.269 e. The molecule has 0 unspecified atom stereocenters. The Hall–Kier alpha value is -4.14. The summed E-state index contributed by atoms with van der Waals surface area (Å²) >= 11 is 0. The van der Waals surface area contributed by atoms with Crippen LogP contribution in [-0.4, -0.2) is 27.3 Å². The highest BCUT2D eigenvalue weighted by atomic mass is 19.1. The lowest BCUT2D eigenvalue weighted by Crippen LogP contribution is -2.30. The minimum Gasteiger partial charge on any atom is -0.438 e. The van der Waals surface area contributed by atoms with Crippen molar-refractivity contribution in [3.05, 3.63) is 93.9 Å². The molecule has 0 N–H and O–H groups in total. The van der Waals surface area contributed by atoms with Crippen molar-refractivity contribution in [2.24, 2.45) is 0 Å². The number of carbonyl (C=O) groups excluding carboxylic acids is 1. The summed E-state index contributed by atoms with van der Waals surface area (Å²) in [7, 11) is 0. The molecule has 4 aromatic rings. The number of nitro benzene ring substituents is 1. The van der Waals surface area contributed by atoms with Crippen LogP contribution in [-0.2, 0) is 0 Å². The number of hydrogen-bond donors (Lipinski definition) is 0. The molecule has 0 bridgehead atoms. The van der Waals surface area contributed by atoms with Crippen LogP contribution in [0.2, 0.25) is 0 Å². The molecule has 9 heteroatoms. The number of amides is 1. The monoisotopic (exact) mass is 449 g/mol. The van der Waals surface area contributed by atoms with Crippen LogP contribution in [0.25, 0.3) is 22.2 Å². The van der Waals surface area contributed by atoms with Gasteiger partial charge >= 0.3 is 0 Å². The van der Waals surface area contributed by atoms with E-state index >= 15 is 0 Å². The number of carbonyl (C=O) groups is 1. The Labute approximate surface area is 186 Å². The molecule has 166 valence electrons. The maximum atomic E-state index is 14.2. The van der Waals surface area contributed by atoms with Crippen molar-refractivity contribution in [1.29, 1.82) is 0 Å². The van der Waals surface area contributed by atoms with Crippen molar-refractivity contribution >= 4 is 22.7 Å². The quantitative estimate of drug-likeness (QED) is 0.296. The summed E-state index contributed by atoms with van der Waals surface area (Å²) < 4.78 is 33.3. The first-order valence-corrected chi connectivity index (χ1v) is 10.3. The predicted molar refractivity (Wildman–Crippen MR) is 115 cm³/mol. The lowest BCUT2D eigenvalue weighted by atomic mass is 10.0. The zero-order chi connectivity index (χ0) is 23.1. The number of aromatic nitrogens is 1. The highest BCUT2D eigenvalue weighted by Crippen LogP contribution is 2.35. The molecule has 0 aliphatic carbocycles. The number of non-ortho nitro benzene ring substituents is 1. The maximum Gasteiger partial charge on any atom is 0.269 e. The Kier molecular flexibility index (Phi) is 5.08. The van der Waals surface area contributed by atoms with Crippen LogP contribution in [0.5, 0.6) is 0 Å². The number of halogens is 2.